The molecular formula is C16H15ClN2O3. The zero-order chi connectivity index (χ0) is 15.5. The van der Waals surface area contributed by atoms with E-state index in [1.54, 1.807) is 30.3 Å². The Labute approximate surface area is 133 Å². The third kappa shape index (κ3) is 3.31. The van der Waals surface area contributed by atoms with E-state index in [0.29, 0.717) is 36.2 Å². The molecule has 2 aromatic rings. The highest BCUT2D eigenvalue weighted by molar-refractivity contribution is 6.30. The Hall–Kier alpha value is -2.27. The van der Waals surface area contributed by atoms with Crippen molar-refractivity contribution >= 4 is 23.4 Å². The maximum atomic E-state index is 11.0. The number of benzene rings is 1. The van der Waals surface area contributed by atoms with Crippen LogP contribution in [0.2, 0.25) is 5.02 Å². The molecule has 1 N–H and O–H groups in total. The Bertz CT molecular complexity index is 675. The summed E-state index contributed by atoms with van der Waals surface area (Å²) in [5, 5.41) is 9.71. The molecule has 0 amide bonds. The van der Waals surface area contributed by atoms with Crippen molar-refractivity contribution in [1.29, 1.82) is 0 Å². The Morgan fingerprint density at radius 2 is 2.05 bits per heavy atom. The van der Waals surface area contributed by atoms with Crippen LogP contribution in [-0.2, 0) is 4.79 Å². The number of carboxylic acids is 1. The third-order valence-electron chi connectivity index (χ3n) is 3.61. The first-order valence-electron chi connectivity index (χ1n) is 7.00. The molecule has 1 aromatic heterocycles. The van der Waals surface area contributed by atoms with Gasteiger partial charge in [-0.05, 0) is 36.8 Å². The average Bonchev–Trinajstić information content (AvgIpc) is 3.00. The number of pyridine rings is 1. The summed E-state index contributed by atoms with van der Waals surface area (Å²) in [6.07, 6.45) is 0.638. The molecule has 5 nitrogen and oxygen atoms in total. The van der Waals surface area contributed by atoms with Crippen molar-refractivity contribution in [3.63, 3.8) is 0 Å². The van der Waals surface area contributed by atoms with Gasteiger partial charge in [-0.2, -0.15) is 4.98 Å². The average molecular weight is 319 g/mol. The number of carbonyl (C=O) groups is 1. The highest BCUT2D eigenvalue weighted by atomic mass is 35.5. The molecule has 22 heavy (non-hydrogen) atoms. The minimum atomic E-state index is -0.754. The summed E-state index contributed by atoms with van der Waals surface area (Å²) in [4.78, 5) is 17.4. The molecule has 1 aromatic carbocycles. The molecule has 3 rings (SSSR count). The fourth-order valence-electron chi connectivity index (χ4n) is 2.43. The highest BCUT2D eigenvalue weighted by Gasteiger charge is 2.28. The second-order valence-electron chi connectivity index (χ2n) is 5.16. The number of halogens is 1. The second kappa shape index (κ2) is 6.23. The molecule has 0 unspecified atom stereocenters. The van der Waals surface area contributed by atoms with Crippen molar-refractivity contribution < 1.29 is 14.6 Å². The number of rotatable bonds is 4. The van der Waals surface area contributed by atoms with Crippen LogP contribution in [-0.4, -0.2) is 29.1 Å². The predicted octanol–water partition coefficient (Wildman–Crippen LogP) is 3.44. The number of nitrogens with zero attached hydrogens (tertiary/aromatic N) is 2. The zero-order valence-electron chi connectivity index (χ0n) is 11.8. The lowest BCUT2D eigenvalue weighted by Gasteiger charge is -2.17. The molecule has 0 saturated carbocycles. The fraction of sp³-hybridized carbons (Fsp3) is 0.250. The van der Waals surface area contributed by atoms with E-state index in [1.165, 1.54) is 0 Å². The Kier molecular flexibility index (Phi) is 4.15. The first kappa shape index (κ1) is 14.7. The minimum absolute atomic E-state index is 0.331. The SMILES string of the molecule is O=C(O)[C@@H]1CCN(c2cccc(Oc3ccc(Cl)cc3)n2)C1. The molecule has 1 atom stereocenters. The molecule has 1 aliphatic rings. The number of aromatic nitrogens is 1. The molecule has 2 heterocycles. The van der Waals surface area contributed by atoms with Gasteiger partial charge in [0, 0.05) is 24.2 Å². The molecule has 1 aliphatic heterocycles. The summed E-state index contributed by atoms with van der Waals surface area (Å²) in [5.74, 6) is 0.770. The van der Waals surface area contributed by atoms with Gasteiger partial charge in [-0.3, -0.25) is 4.79 Å². The minimum Gasteiger partial charge on any atom is -0.481 e. The van der Waals surface area contributed by atoms with Crippen molar-refractivity contribution in [3.8, 4) is 11.6 Å². The second-order valence-corrected chi connectivity index (χ2v) is 5.60. The lowest BCUT2D eigenvalue weighted by Crippen LogP contribution is -2.23. The number of carboxylic acid groups (broad SMARTS) is 1. The first-order valence-corrected chi connectivity index (χ1v) is 7.38. The zero-order valence-corrected chi connectivity index (χ0v) is 12.5. The van der Waals surface area contributed by atoms with Crippen molar-refractivity contribution in [2.75, 3.05) is 18.0 Å². The molecular weight excluding hydrogens is 304 g/mol. The molecule has 0 bridgehead atoms. The first-order chi connectivity index (χ1) is 10.6. The molecule has 1 fully saturated rings. The summed E-state index contributed by atoms with van der Waals surface area (Å²) in [6, 6.07) is 12.5. The lowest BCUT2D eigenvalue weighted by molar-refractivity contribution is -0.140. The van der Waals surface area contributed by atoms with Gasteiger partial charge in [0.1, 0.15) is 11.6 Å². The number of hydrogen-bond donors (Lipinski definition) is 1. The van der Waals surface area contributed by atoms with Gasteiger partial charge < -0.3 is 14.7 Å². The van der Waals surface area contributed by atoms with Gasteiger partial charge in [-0.25, -0.2) is 0 Å². The van der Waals surface area contributed by atoms with Crippen LogP contribution in [0.1, 0.15) is 6.42 Å². The smallest absolute Gasteiger partial charge is 0.308 e. The van der Waals surface area contributed by atoms with Crippen LogP contribution in [0, 0.1) is 5.92 Å². The van der Waals surface area contributed by atoms with Crippen molar-refractivity contribution in [2.24, 2.45) is 5.92 Å². The third-order valence-corrected chi connectivity index (χ3v) is 3.86. The molecule has 114 valence electrons. The van der Waals surface area contributed by atoms with Crippen LogP contribution < -0.4 is 9.64 Å². The monoisotopic (exact) mass is 318 g/mol. The van der Waals surface area contributed by atoms with E-state index in [-0.39, 0.29) is 5.92 Å². The van der Waals surface area contributed by atoms with Gasteiger partial charge >= 0.3 is 5.97 Å². The van der Waals surface area contributed by atoms with Crippen molar-refractivity contribution in [3.05, 3.63) is 47.5 Å². The van der Waals surface area contributed by atoms with Crippen LogP contribution in [0.4, 0.5) is 5.82 Å². The molecule has 0 spiro atoms. The number of aliphatic carboxylic acids is 1. The van der Waals surface area contributed by atoms with Crippen LogP contribution in [0.25, 0.3) is 0 Å². The molecule has 6 heteroatoms. The van der Waals surface area contributed by atoms with Crippen LogP contribution in [0.3, 0.4) is 0 Å². The van der Waals surface area contributed by atoms with E-state index in [4.69, 9.17) is 21.4 Å². The maximum Gasteiger partial charge on any atom is 0.308 e. The Morgan fingerprint density at radius 1 is 1.27 bits per heavy atom. The number of ether oxygens (including phenoxy) is 1. The quantitative estimate of drug-likeness (QED) is 0.935. The van der Waals surface area contributed by atoms with E-state index in [9.17, 15) is 4.79 Å². The summed E-state index contributed by atoms with van der Waals surface area (Å²) >= 11 is 5.84. The van der Waals surface area contributed by atoms with Gasteiger partial charge in [0.15, 0.2) is 0 Å². The standard InChI is InChI=1S/C16H15ClN2O3/c17-12-4-6-13(7-5-12)22-15-3-1-2-14(18-15)19-9-8-11(10-19)16(20)21/h1-7,11H,8-10H2,(H,20,21)/t11-/m1/s1. The van der Waals surface area contributed by atoms with E-state index >= 15 is 0 Å². The molecule has 0 aliphatic carbocycles. The van der Waals surface area contributed by atoms with Gasteiger partial charge in [0.05, 0.1) is 5.92 Å². The van der Waals surface area contributed by atoms with Crippen LogP contribution in [0.15, 0.2) is 42.5 Å². The van der Waals surface area contributed by atoms with Gasteiger partial charge in [-0.15, -0.1) is 0 Å². The Morgan fingerprint density at radius 3 is 2.73 bits per heavy atom. The van der Waals surface area contributed by atoms with E-state index in [0.717, 1.165) is 5.82 Å². The van der Waals surface area contributed by atoms with E-state index in [1.807, 2.05) is 17.0 Å². The summed E-state index contributed by atoms with van der Waals surface area (Å²) in [5.41, 5.74) is 0. The van der Waals surface area contributed by atoms with Gasteiger partial charge in [0.2, 0.25) is 5.88 Å². The summed E-state index contributed by atoms with van der Waals surface area (Å²) in [7, 11) is 0. The van der Waals surface area contributed by atoms with Gasteiger partial charge in [0.25, 0.3) is 0 Å². The number of anilines is 1. The van der Waals surface area contributed by atoms with Crippen molar-refractivity contribution in [1.82, 2.24) is 4.98 Å². The molecule has 1 saturated heterocycles. The molecule has 0 radical (unpaired) electrons. The van der Waals surface area contributed by atoms with Crippen molar-refractivity contribution in [2.45, 2.75) is 6.42 Å². The van der Waals surface area contributed by atoms with Crippen LogP contribution >= 0.6 is 11.6 Å². The van der Waals surface area contributed by atoms with E-state index in [2.05, 4.69) is 4.98 Å². The highest BCUT2D eigenvalue weighted by Crippen LogP contribution is 2.26. The predicted molar refractivity (Wildman–Crippen MR) is 83.7 cm³/mol. The van der Waals surface area contributed by atoms with Crippen LogP contribution in [0.5, 0.6) is 11.6 Å². The summed E-state index contributed by atoms with van der Waals surface area (Å²) < 4.78 is 5.70. The normalized spacial score (nSPS) is 17.5. The number of hydrogen-bond acceptors (Lipinski definition) is 4. The van der Waals surface area contributed by atoms with Gasteiger partial charge in [-0.1, -0.05) is 17.7 Å². The fourth-order valence-corrected chi connectivity index (χ4v) is 2.56. The maximum absolute atomic E-state index is 11.0. The topological polar surface area (TPSA) is 62.7 Å². The Balaban J connectivity index is 1.73. The van der Waals surface area contributed by atoms with E-state index < -0.39 is 5.97 Å². The summed E-state index contributed by atoms with van der Waals surface area (Å²) in [6.45, 7) is 1.17. The largest absolute Gasteiger partial charge is 0.481 e. The lowest BCUT2D eigenvalue weighted by atomic mass is 10.1.